The third-order valence-corrected chi connectivity index (χ3v) is 4.25. The van der Waals surface area contributed by atoms with E-state index < -0.39 is 0 Å². The minimum absolute atomic E-state index is 0.311. The lowest BCUT2D eigenvalue weighted by molar-refractivity contribution is 0.466. The van der Waals surface area contributed by atoms with Crippen molar-refractivity contribution < 1.29 is 5.11 Å². The summed E-state index contributed by atoms with van der Waals surface area (Å²) in [5.41, 5.74) is 4.72. The molecule has 3 aromatic carbocycles. The van der Waals surface area contributed by atoms with Gasteiger partial charge in [0, 0.05) is 22.9 Å². The summed E-state index contributed by atoms with van der Waals surface area (Å²) < 4.78 is 1.85. The van der Waals surface area contributed by atoms with Gasteiger partial charge in [0.1, 0.15) is 5.75 Å². The van der Waals surface area contributed by atoms with Crippen molar-refractivity contribution in [2.45, 2.75) is 6.54 Å². The summed E-state index contributed by atoms with van der Waals surface area (Å²) in [6, 6.07) is 27.8. The number of para-hydroxylation sites is 1. The zero-order valence-corrected chi connectivity index (χ0v) is 13.7. The fourth-order valence-electron chi connectivity index (χ4n) is 2.96. The van der Waals surface area contributed by atoms with E-state index in [-0.39, 0.29) is 0 Å². The van der Waals surface area contributed by atoms with Crippen LogP contribution in [0.3, 0.4) is 0 Å². The molecule has 0 radical (unpaired) electrons. The van der Waals surface area contributed by atoms with Crippen LogP contribution in [0.1, 0.15) is 5.56 Å². The highest BCUT2D eigenvalue weighted by atomic mass is 16.3. The average Bonchev–Trinajstić information content (AvgIpc) is 3.14. The maximum Gasteiger partial charge on any atom is 0.128 e. The molecule has 0 spiro atoms. The van der Waals surface area contributed by atoms with Gasteiger partial charge in [-0.3, -0.25) is 4.68 Å². The molecule has 1 N–H and O–H groups in total. The van der Waals surface area contributed by atoms with Gasteiger partial charge >= 0.3 is 0 Å². The smallest absolute Gasteiger partial charge is 0.128 e. The Balaban J connectivity index is 1.63. The van der Waals surface area contributed by atoms with Crippen LogP contribution in [0.4, 0.5) is 0 Å². The summed E-state index contributed by atoms with van der Waals surface area (Å²) in [5.74, 6) is 0.311. The highest BCUT2D eigenvalue weighted by Gasteiger charge is 2.10. The summed E-state index contributed by atoms with van der Waals surface area (Å²) in [7, 11) is 0. The summed E-state index contributed by atoms with van der Waals surface area (Å²) in [6.45, 7) is 0.527. The van der Waals surface area contributed by atoms with Crippen LogP contribution < -0.4 is 0 Å². The van der Waals surface area contributed by atoms with Crippen LogP contribution in [0.15, 0.2) is 91.1 Å². The molecule has 0 fully saturated rings. The van der Waals surface area contributed by atoms with Crippen molar-refractivity contribution in [2.24, 2.45) is 0 Å². The standard InChI is InChI=1S/C22H18N2O/c25-22-19(12-7-13-20(22)17-8-3-1-4-9-17)16-24-15-14-21(23-24)18-10-5-2-6-11-18/h1-15,25H,16H2. The summed E-state index contributed by atoms with van der Waals surface area (Å²) in [6.07, 6.45) is 1.94. The lowest BCUT2D eigenvalue weighted by atomic mass is 10.0. The van der Waals surface area contributed by atoms with E-state index in [0.29, 0.717) is 12.3 Å². The van der Waals surface area contributed by atoms with Gasteiger partial charge < -0.3 is 5.11 Å². The van der Waals surface area contributed by atoms with Crippen LogP contribution in [0.25, 0.3) is 22.4 Å². The van der Waals surface area contributed by atoms with Crippen LogP contribution in [-0.2, 0) is 6.54 Å². The Kier molecular flexibility index (Phi) is 4.05. The highest BCUT2D eigenvalue weighted by molar-refractivity contribution is 5.71. The first-order chi connectivity index (χ1) is 12.3. The first kappa shape index (κ1) is 15.2. The van der Waals surface area contributed by atoms with Gasteiger partial charge in [0.25, 0.3) is 0 Å². The molecule has 122 valence electrons. The van der Waals surface area contributed by atoms with Crippen LogP contribution in [0, 0.1) is 0 Å². The first-order valence-electron chi connectivity index (χ1n) is 8.26. The second-order valence-electron chi connectivity index (χ2n) is 5.94. The SMILES string of the molecule is Oc1c(Cn2ccc(-c3ccccc3)n2)cccc1-c1ccccc1. The van der Waals surface area contributed by atoms with Crippen LogP contribution in [0.2, 0.25) is 0 Å². The molecule has 0 aliphatic heterocycles. The summed E-state index contributed by atoms with van der Waals surface area (Å²) >= 11 is 0. The van der Waals surface area contributed by atoms with E-state index in [1.165, 1.54) is 0 Å². The van der Waals surface area contributed by atoms with E-state index in [1.807, 2.05) is 95.8 Å². The number of aromatic hydroxyl groups is 1. The molecule has 1 aromatic heterocycles. The number of hydrogen-bond acceptors (Lipinski definition) is 2. The van der Waals surface area contributed by atoms with E-state index in [9.17, 15) is 5.11 Å². The number of rotatable bonds is 4. The number of hydrogen-bond donors (Lipinski definition) is 1. The largest absolute Gasteiger partial charge is 0.507 e. The first-order valence-corrected chi connectivity index (χ1v) is 8.26. The van der Waals surface area contributed by atoms with Crippen molar-refractivity contribution >= 4 is 0 Å². The second kappa shape index (κ2) is 6.65. The number of nitrogens with zero attached hydrogens (tertiary/aromatic N) is 2. The fraction of sp³-hybridized carbons (Fsp3) is 0.0455. The molecule has 3 heteroatoms. The Morgan fingerprint density at radius 1 is 0.720 bits per heavy atom. The van der Waals surface area contributed by atoms with Crippen LogP contribution >= 0.6 is 0 Å². The highest BCUT2D eigenvalue weighted by Crippen LogP contribution is 2.32. The number of benzene rings is 3. The van der Waals surface area contributed by atoms with Crippen molar-refractivity contribution in [2.75, 3.05) is 0 Å². The summed E-state index contributed by atoms with van der Waals surface area (Å²) in [4.78, 5) is 0. The van der Waals surface area contributed by atoms with Gasteiger partial charge in [-0.25, -0.2) is 0 Å². The lowest BCUT2D eigenvalue weighted by Crippen LogP contribution is -2.01. The normalized spacial score (nSPS) is 10.7. The van der Waals surface area contributed by atoms with Crippen LogP contribution in [-0.4, -0.2) is 14.9 Å². The van der Waals surface area contributed by atoms with Gasteiger partial charge in [0.2, 0.25) is 0 Å². The van der Waals surface area contributed by atoms with Gasteiger partial charge in [-0.05, 0) is 11.6 Å². The Labute approximate surface area is 146 Å². The molecule has 0 bridgehead atoms. The topological polar surface area (TPSA) is 38.0 Å². The maximum absolute atomic E-state index is 10.7. The molecule has 0 atom stereocenters. The predicted octanol–water partition coefficient (Wildman–Crippen LogP) is 4.97. The summed E-state index contributed by atoms with van der Waals surface area (Å²) in [5, 5.41) is 15.3. The minimum Gasteiger partial charge on any atom is -0.507 e. The maximum atomic E-state index is 10.7. The van der Waals surface area contributed by atoms with Crippen molar-refractivity contribution in [3.8, 4) is 28.1 Å². The number of aromatic nitrogens is 2. The fourth-order valence-corrected chi connectivity index (χ4v) is 2.96. The van der Waals surface area contributed by atoms with E-state index in [4.69, 9.17) is 0 Å². The monoisotopic (exact) mass is 326 g/mol. The van der Waals surface area contributed by atoms with E-state index >= 15 is 0 Å². The third-order valence-electron chi connectivity index (χ3n) is 4.25. The average molecular weight is 326 g/mol. The van der Waals surface area contributed by atoms with E-state index in [2.05, 4.69) is 5.10 Å². The minimum atomic E-state index is 0.311. The molecule has 0 saturated carbocycles. The van der Waals surface area contributed by atoms with Gasteiger partial charge in [0.05, 0.1) is 12.2 Å². The molecular weight excluding hydrogens is 308 g/mol. The molecular formula is C22H18N2O. The van der Waals surface area contributed by atoms with Crippen molar-refractivity contribution in [3.63, 3.8) is 0 Å². The van der Waals surface area contributed by atoms with Crippen LogP contribution in [0.5, 0.6) is 5.75 Å². The van der Waals surface area contributed by atoms with Crippen molar-refractivity contribution in [1.29, 1.82) is 0 Å². The second-order valence-corrected chi connectivity index (χ2v) is 5.94. The third kappa shape index (κ3) is 3.17. The quantitative estimate of drug-likeness (QED) is 0.575. The Morgan fingerprint density at radius 2 is 1.40 bits per heavy atom. The Hall–Kier alpha value is -3.33. The zero-order chi connectivity index (χ0) is 17.1. The number of phenols is 1. The van der Waals surface area contributed by atoms with Gasteiger partial charge in [-0.1, -0.05) is 78.9 Å². The van der Waals surface area contributed by atoms with Gasteiger partial charge in [-0.2, -0.15) is 5.10 Å². The van der Waals surface area contributed by atoms with Crippen molar-refractivity contribution in [3.05, 3.63) is 96.7 Å². The Bertz CT molecular complexity index is 975. The molecule has 0 aliphatic carbocycles. The molecule has 0 aliphatic rings. The molecule has 0 unspecified atom stereocenters. The predicted molar refractivity (Wildman–Crippen MR) is 100 cm³/mol. The zero-order valence-electron chi connectivity index (χ0n) is 13.7. The molecule has 3 nitrogen and oxygen atoms in total. The van der Waals surface area contributed by atoms with Gasteiger partial charge in [0.15, 0.2) is 0 Å². The molecule has 4 rings (SSSR count). The molecule has 0 amide bonds. The molecule has 0 saturated heterocycles. The Morgan fingerprint density at radius 3 is 2.12 bits per heavy atom. The number of phenolic OH excluding ortho intramolecular Hbond substituents is 1. The molecule has 25 heavy (non-hydrogen) atoms. The lowest BCUT2D eigenvalue weighted by Gasteiger charge is -2.10. The van der Waals surface area contributed by atoms with E-state index in [1.54, 1.807) is 0 Å². The van der Waals surface area contributed by atoms with Gasteiger partial charge in [-0.15, -0.1) is 0 Å². The van der Waals surface area contributed by atoms with Crippen molar-refractivity contribution in [1.82, 2.24) is 9.78 Å². The van der Waals surface area contributed by atoms with E-state index in [0.717, 1.165) is 27.9 Å². The molecule has 1 heterocycles. The molecule has 4 aromatic rings.